The average Bonchev–Trinajstić information content (AvgIpc) is 2.77. The predicted molar refractivity (Wildman–Crippen MR) is 142 cm³/mol. The normalized spacial score (nSPS) is 12.3. The van der Waals surface area contributed by atoms with Gasteiger partial charge in [0.25, 0.3) is 0 Å². The van der Waals surface area contributed by atoms with Crippen molar-refractivity contribution in [3.63, 3.8) is 0 Å². The molecule has 0 bridgehead atoms. The summed E-state index contributed by atoms with van der Waals surface area (Å²) in [5.74, 6) is -0.0969. The summed E-state index contributed by atoms with van der Waals surface area (Å²) in [6.45, 7) is 5.99. The van der Waals surface area contributed by atoms with Crippen molar-refractivity contribution in [2.24, 2.45) is 0 Å². The molecule has 1 atom stereocenters. The Morgan fingerprint density at radius 3 is 1.91 bits per heavy atom. The summed E-state index contributed by atoms with van der Waals surface area (Å²) in [4.78, 5) is 12.3. The first kappa shape index (κ1) is 29.5. The number of carbonyl (C=O) groups is 1. The van der Waals surface area contributed by atoms with Crippen molar-refractivity contribution in [3.05, 3.63) is 24.3 Å². The Morgan fingerprint density at radius 2 is 1.39 bits per heavy atom. The van der Waals surface area contributed by atoms with Crippen LogP contribution in [0.2, 0.25) is 0 Å². The van der Waals surface area contributed by atoms with E-state index in [-0.39, 0.29) is 22.0 Å². The van der Waals surface area contributed by atoms with Crippen LogP contribution in [0.3, 0.4) is 0 Å². The molecule has 0 radical (unpaired) electrons. The lowest BCUT2D eigenvalue weighted by atomic mass is 10.1. The zero-order valence-corrected chi connectivity index (χ0v) is 22.3. The maximum absolute atomic E-state index is 12.3. The smallest absolute Gasteiger partial charge is 0.240 e. The largest absolute Gasteiger partial charge is 0.332 e. The zero-order chi connectivity index (χ0) is 24.5. The molecule has 0 saturated heterocycles. The molecule has 1 aromatic rings. The highest BCUT2D eigenvalue weighted by molar-refractivity contribution is 7.89. The second-order valence-corrected chi connectivity index (χ2v) is 10.9. The van der Waals surface area contributed by atoms with E-state index in [0.29, 0.717) is 18.5 Å². The molecule has 6 nitrogen and oxygen atoms in total. The van der Waals surface area contributed by atoms with Gasteiger partial charge in [-0.3, -0.25) is 4.79 Å². The van der Waals surface area contributed by atoms with Crippen LogP contribution in [0, 0.1) is 0 Å². The monoisotopic (exact) mass is 497 g/mol. The lowest BCUT2D eigenvalue weighted by Crippen LogP contribution is -2.34. The number of nitrogens with one attached hydrogen (secondary N) is 3. The minimum absolute atomic E-state index is 0.0969. The number of carbonyl (C=O) groups excluding carboxylic acids is 1. The first-order valence-electron chi connectivity index (χ1n) is 12.5. The van der Waals surface area contributed by atoms with E-state index in [2.05, 4.69) is 22.3 Å². The first-order valence-corrected chi connectivity index (χ1v) is 14.4. The Bertz CT molecular complexity index is 796. The third-order valence-corrected chi connectivity index (χ3v) is 7.46. The fourth-order valence-corrected chi connectivity index (χ4v) is 4.99. The number of hydrogen-bond donors (Lipinski definition) is 3. The molecule has 3 N–H and O–H groups in total. The molecule has 1 aromatic carbocycles. The third-order valence-electron chi connectivity index (χ3n) is 5.65. The lowest BCUT2D eigenvalue weighted by Gasteiger charge is -2.13. The molecule has 0 aliphatic heterocycles. The summed E-state index contributed by atoms with van der Waals surface area (Å²) in [6, 6.07) is 6.17. The van der Waals surface area contributed by atoms with E-state index >= 15 is 0 Å². The molecule has 188 valence electrons. The van der Waals surface area contributed by atoms with Crippen LogP contribution in [0.25, 0.3) is 0 Å². The second kappa shape index (κ2) is 17.0. The van der Waals surface area contributed by atoms with E-state index in [1.54, 1.807) is 12.1 Å². The van der Waals surface area contributed by atoms with Crippen LogP contribution >= 0.6 is 12.2 Å². The van der Waals surface area contributed by atoms with Crippen molar-refractivity contribution in [1.82, 2.24) is 10.0 Å². The maximum Gasteiger partial charge on any atom is 0.240 e. The molecule has 1 unspecified atom stereocenters. The van der Waals surface area contributed by atoms with Gasteiger partial charge >= 0.3 is 0 Å². The van der Waals surface area contributed by atoms with E-state index in [0.717, 1.165) is 12.8 Å². The Labute approximate surface area is 206 Å². The summed E-state index contributed by atoms with van der Waals surface area (Å²) < 4.78 is 27.3. The molecule has 33 heavy (non-hydrogen) atoms. The topological polar surface area (TPSA) is 87.3 Å². The van der Waals surface area contributed by atoms with E-state index < -0.39 is 10.0 Å². The predicted octanol–water partition coefficient (Wildman–Crippen LogP) is 6.28. The molecule has 1 amide bonds. The molecule has 1 rings (SSSR count). The van der Waals surface area contributed by atoms with Crippen molar-refractivity contribution in [3.8, 4) is 0 Å². The molecule has 0 aliphatic rings. The van der Waals surface area contributed by atoms with E-state index in [4.69, 9.17) is 12.2 Å². The number of amides is 1. The molecular weight excluding hydrogens is 454 g/mol. The number of rotatable bonds is 17. The number of sulfonamides is 1. The number of hydrogen-bond acceptors (Lipinski definition) is 4. The van der Waals surface area contributed by atoms with Gasteiger partial charge < -0.3 is 10.6 Å². The summed E-state index contributed by atoms with van der Waals surface area (Å²) >= 11 is 5.21. The Balaban J connectivity index is 2.21. The Kier molecular flexibility index (Phi) is 15.2. The van der Waals surface area contributed by atoms with Gasteiger partial charge in [-0.25, -0.2) is 13.1 Å². The highest BCUT2D eigenvalue weighted by atomic mass is 32.2. The molecule has 0 aromatic heterocycles. The summed E-state index contributed by atoms with van der Waals surface area (Å²) in [5, 5.41) is 5.84. The van der Waals surface area contributed by atoms with Crippen molar-refractivity contribution >= 4 is 38.9 Å². The van der Waals surface area contributed by atoms with Crippen LogP contribution in [0.5, 0.6) is 0 Å². The molecule has 0 heterocycles. The zero-order valence-electron chi connectivity index (χ0n) is 20.6. The van der Waals surface area contributed by atoms with Crippen molar-refractivity contribution in [1.29, 1.82) is 0 Å². The fourth-order valence-electron chi connectivity index (χ4n) is 3.43. The quantitative estimate of drug-likeness (QED) is 0.174. The van der Waals surface area contributed by atoms with Crippen LogP contribution < -0.4 is 15.4 Å². The lowest BCUT2D eigenvalue weighted by molar-refractivity contribution is -0.119. The van der Waals surface area contributed by atoms with Crippen LogP contribution in [-0.4, -0.2) is 25.5 Å². The second-order valence-electron chi connectivity index (χ2n) is 8.74. The molecule has 0 fully saturated rings. The van der Waals surface area contributed by atoms with Gasteiger partial charge in [-0.15, -0.1) is 0 Å². The fraction of sp³-hybridized carbons (Fsp3) is 0.680. The minimum Gasteiger partial charge on any atom is -0.332 e. The molecule has 8 heteroatoms. The number of benzene rings is 1. The Morgan fingerprint density at radius 1 is 0.879 bits per heavy atom. The summed E-state index contributed by atoms with van der Waals surface area (Å²) in [7, 11) is -3.54. The van der Waals surface area contributed by atoms with Crippen molar-refractivity contribution in [2.75, 3.05) is 5.32 Å². The van der Waals surface area contributed by atoms with E-state index in [9.17, 15) is 13.2 Å². The third kappa shape index (κ3) is 13.7. The molecule has 0 spiro atoms. The van der Waals surface area contributed by atoms with E-state index in [1.807, 2.05) is 13.8 Å². The van der Waals surface area contributed by atoms with Crippen LogP contribution in [0.15, 0.2) is 29.2 Å². The van der Waals surface area contributed by atoms with Gasteiger partial charge in [-0.05, 0) is 56.2 Å². The van der Waals surface area contributed by atoms with Gasteiger partial charge in [0.05, 0.1) is 4.90 Å². The summed E-state index contributed by atoms with van der Waals surface area (Å²) in [6.07, 6.45) is 14.9. The average molecular weight is 498 g/mol. The Hall–Kier alpha value is -1.51. The summed E-state index contributed by atoms with van der Waals surface area (Å²) in [5.41, 5.74) is 0.623. The van der Waals surface area contributed by atoms with Gasteiger partial charge in [-0.2, -0.15) is 0 Å². The van der Waals surface area contributed by atoms with Crippen molar-refractivity contribution in [2.45, 2.75) is 115 Å². The molecular formula is C25H43N3O3S2. The van der Waals surface area contributed by atoms with Gasteiger partial charge in [0, 0.05) is 18.2 Å². The number of unbranched alkanes of at least 4 members (excludes halogenated alkanes) is 10. The minimum atomic E-state index is -3.54. The van der Waals surface area contributed by atoms with Gasteiger partial charge in [-0.1, -0.05) is 78.1 Å². The first-order chi connectivity index (χ1) is 15.8. The number of anilines is 1. The van der Waals surface area contributed by atoms with Gasteiger partial charge in [0.15, 0.2) is 5.11 Å². The van der Waals surface area contributed by atoms with Gasteiger partial charge in [0.2, 0.25) is 15.9 Å². The van der Waals surface area contributed by atoms with E-state index in [1.165, 1.54) is 69.9 Å². The van der Waals surface area contributed by atoms with Gasteiger partial charge in [0.1, 0.15) is 0 Å². The standard InChI is InChI=1S/C25H43N3O3S2/c1-4-6-7-8-9-10-11-12-13-14-15-16-24(29)27-25(32)26-22-17-19-23(20-18-22)33(30,31)28-21(3)5-2/h17-21,28H,4-16H2,1-3H3,(H2,26,27,29,32). The highest BCUT2D eigenvalue weighted by Gasteiger charge is 2.16. The van der Waals surface area contributed by atoms with Crippen LogP contribution in [-0.2, 0) is 14.8 Å². The molecule has 0 aliphatic carbocycles. The van der Waals surface area contributed by atoms with Crippen molar-refractivity contribution < 1.29 is 13.2 Å². The highest BCUT2D eigenvalue weighted by Crippen LogP contribution is 2.15. The SMILES string of the molecule is CCCCCCCCCCCCCC(=O)NC(=S)Nc1ccc(S(=O)(=O)NC(C)CC)cc1. The van der Waals surface area contributed by atoms with Crippen LogP contribution in [0.1, 0.15) is 104 Å². The maximum atomic E-state index is 12.3. The number of thiocarbonyl (C=S) groups is 1. The van der Waals surface area contributed by atoms with Crippen LogP contribution in [0.4, 0.5) is 5.69 Å². The molecule has 0 saturated carbocycles.